The molecule has 1 aliphatic rings. The number of ether oxygens (including phenoxy) is 2. The summed E-state index contributed by atoms with van der Waals surface area (Å²) in [4.78, 5) is 11.6. The third-order valence-electron chi connectivity index (χ3n) is 3.02. The number of halogens is 3. The highest BCUT2D eigenvalue weighted by atomic mass is 32.2. The molecule has 1 aromatic carbocycles. The lowest BCUT2D eigenvalue weighted by atomic mass is 10.2. The van der Waals surface area contributed by atoms with E-state index in [0.717, 1.165) is 12.1 Å². The quantitative estimate of drug-likeness (QED) is 0.862. The van der Waals surface area contributed by atoms with Crippen LogP contribution in [0, 0.1) is 0 Å². The van der Waals surface area contributed by atoms with E-state index in [9.17, 15) is 26.4 Å². The maximum absolute atomic E-state index is 12.0. The number of hydrogen-bond donors (Lipinski definition) is 1. The van der Waals surface area contributed by atoms with Crippen LogP contribution in [-0.4, -0.2) is 44.8 Å². The van der Waals surface area contributed by atoms with Gasteiger partial charge in [0.05, 0.1) is 11.5 Å². The fraction of sp³-hybridized carbons (Fsp3) is 0.462. The number of alkyl halides is 3. The lowest BCUT2D eigenvalue weighted by Crippen LogP contribution is -2.38. The first-order chi connectivity index (χ1) is 10.6. The second-order valence-corrected chi connectivity index (χ2v) is 7.20. The Kier molecular flexibility index (Phi) is 5.03. The zero-order valence-electron chi connectivity index (χ0n) is 11.8. The Bertz CT molecular complexity index is 657. The molecular formula is C13H14F3NO5S. The Labute approximate surface area is 130 Å². The van der Waals surface area contributed by atoms with E-state index in [1.165, 1.54) is 12.1 Å². The van der Waals surface area contributed by atoms with Gasteiger partial charge in [-0.1, -0.05) is 0 Å². The predicted molar refractivity (Wildman–Crippen MR) is 73.8 cm³/mol. The van der Waals surface area contributed by atoms with Gasteiger partial charge in [0.15, 0.2) is 16.4 Å². The van der Waals surface area contributed by atoms with Crippen molar-refractivity contribution in [2.24, 2.45) is 0 Å². The van der Waals surface area contributed by atoms with Crippen molar-refractivity contribution in [2.75, 3.05) is 18.1 Å². The lowest BCUT2D eigenvalue weighted by molar-refractivity contribution is -0.274. The van der Waals surface area contributed by atoms with Crippen LogP contribution < -0.4 is 14.8 Å². The number of carbonyl (C=O) groups is 1. The molecule has 0 radical (unpaired) electrons. The van der Waals surface area contributed by atoms with Crippen LogP contribution in [-0.2, 0) is 14.6 Å². The predicted octanol–water partition coefficient (Wildman–Crippen LogP) is 1.27. The minimum atomic E-state index is -4.77. The molecule has 0 aliphatic carbocycles. The summed E-state index contributed by atoms with van der Waals surface area (Å²) >= 11 is 0. The van der Waals surface area contributed by atoms with Gasteiger partial charge in [-0.15, -0.1) is 13.2 Å². The van der Waals surface area contributed by atoms with Crippen molar-refractivity contribution in [2.45, 2.75) is 18.8 Å². The van der Waals surface area contributed by atoms with Gasteiger partial charge in [0.1, 0.15) is 11.5 Å². The number of hydrogen-bond acceptors (Lipinski definition) is 5. The molecule has 0 spiro atoms. The summed E-state index contributed by atoms with van der Waals surface area (Å²) in [6, 6.07) is 4.15. The second kappa shape index (κ2) is 6.65. The standard InChI is InChI=1S/C13H14F3NO5S/c14-13(15,16)22-11-3-1-10(2-4-11)21-7-12(18)17-9-5-6-23(19,20)8-9/h1-4,9H,5-8H2,(H,17,18)/t9-/m1/s1. The summed E-state index contributed by atoms with van der Waals surface area (Å²) in [6.07, 6.45) is -4.42. The van der Waals surface area contributed by atoms with Crippen molar-refractivity contribution in [3.8, 4) is 11.5 Å². The minimum absolute atomic E-state index is 0.0411. The molecule has 0 saturated carbocycles. The van der Waals surface area contributed by atoms with E-state index >= 15 is 0 Å². The molecule has 0 unspecified atom stereocenters. The molecule has 1 heterocycles. The van der Waals surface area contributed by atoms with Crippen molar-refractivity contribution < 1.29 is 35.9 Å². The number of amides is 1. The van der Waals surface area contributed by atoms with Crippen LogP contribution in [0.15, 0.2) is 24.3 Å². The van der Waals surface area contributed by atoms with Crippen LogP contribution in [0.1, 0.15) is 6.42 Å². The summed E-state index contributed by atoms with van der Waals surface area (Å²) in [5.41, 5.74) is 0. The maximum atomic E-state index is 12.0. The van der Waals surface area contributed by atoms with E-state index in [0.29, 0.717) is 6.42 Å². The van der Waals surface area contributed by atoms with Gasteiger partial charge in [-0.25, -0.2) is 8.42 Å². The molecule has 128 valence electrons. The summed E-state index contributed by atoms with van der Waals surface area (Å²) < 4.78 is 67.3. The van der Waals surface area contributed by atoms with Gasteiger partial charge >= 0.3 is 6.36 Å². The van der Waals surface area contributed by atoms with E-state index in [-0.39, 0.29) is 23.9 Å². The van der Waals surface area contributed by atoms with Gasteiger partial charge in [0, 0.05) is 6.04 Å². The molecule has 0 bridgehead atoms. The highest BCUT2D eigenvalue weighted by Crippen LogP contribution is 2.24. The molecule has 1 atom stereocenters. The normalized spacial score (nSPS) is 20.0. The highest BCUT2D eigenvalue weighted by molar-refractivity contribution is 7.91. The zero-order valence-corrected chi connectivity index (χ0v) is 12.6. The zero-order chi connectivity index (χ0) is 17.1. The first-order valence-electron chi connectivity index (χ1n) is 6.61. The summed E-state index contributed by atoms with van der Waals surface area (Å²) in [5, 5.41) is 2.53. The summed E-state index contributed by atoms with van der Waals surface area (Å²) in [7, 11) is -3.09. The van der Waals surface area contributed by atoms with E-state index in [4.69, 9.17) is 4.74 Å². The lowest BCUT2D eigenvalue weighted by Gasteiger charge is -2.12. The highest BCUT2D eigenvalue weighted by Gasteiger charge is 2.31. The van der Waals surface area contributed by atoms with E-state index in [1.807, 2.05) is 0 Å². The van der Waals surface area contributed by atoms with Crippen molar-refractivity contribution in [3.63, 3.8) is 0 Å². The number of nitrogens with one attached hydrogen (secondary N) is 1. The van der Waals surface area contributed by atoms with Crippen molar-refractivity contribution >= 4 is 15.7 Å². The molecule has 1 aliphatic heterocycles. The van der Waals surface area contributed by atoms with Gasteiger partial charge in [0.2, 0.25) is 0 Å². The third-order valence-corrected chi connectivity index (χ3v) is 4.79. The topological polar surface area (TPSA) is 81.7 Å². The van der Waals surface area contributed by atoms with Gasteiger partial charge in [-0.2, -0.15) is 0 Å². The van der Waals surface area contributed by atoms with Crippen LogP contribution in [0.2, 0.25) is 0 Å². The molecule has 1 amide bonds. The number of sulfone groups is 1. The van der Waals surface area contributed by atoms with Crippen LogP contribution >= 0.6 is 0 Å². The van der Waals surface area contributed by atoms with Crippen LogP contribution in [0.25, 0.3) is 0 Å². The first kappa shape index (κ1) is 17.4. The monoisotopic (exact) mass is 353 g/mol. The smallest absolute Gasteiger partial charge is 0.484 e. The molecule has 1 aromatic rings. The fourth-order valence-corrected chi connectivity index (χ4v) is 3.74. The van der Waals surface area contributed by atoms with Crippen LogP contribution in [0.4, 0.5) is 13.2 Å². The molecule has 1 fully saturated rings. The summed E-state index contributed by atoms with van der Waals surface area (Å²) in [6.45, 7) is -0.365. The molecule has 0 aromatic heterocycles. The largest absolute Gasteiger partial charge is 0.573 e. The fourth-order valence-electron chi connectivity index (χ4n) is 2.06. The van der Waals surface area contributed by atoms with E-state index in [2.05, 4.69) is 10.1 Å². The number of benzene rings is 1. The first-order valence-corrected chi connectivity index (χ1v) is 8.43. The van der Waals surface area contributed by atoms with Gasteiger partial charge < -0.3 is 14.8 Å². The summed E-state index contributed by atoms with van der Waals surface area (Å²) in [5.74, 6) is -0.760. The molecule has 23 heavy (non-hydrogen) atoms. The molecule has 6 nitrogen and oxygen atoms in total. The Hall–Kier alpha value is -1.97. The van der Waals surface area contributed by atoms with Crippen molar-refractivity contribution in [1.82, 2.24) is 5.32 Å². The average molecular weight is 353 g/mol. The molecule has 1 saturated heterocycles. The Morgan fingerprint density at radius 2 is 1.83 bits per heavy atom. The maximum Gasteiger partial charge on any atom is 0.573 e. The molecule has 10 heteroatoms. The van der Waals surface area contributed by atoms with E-state index in [1.54, 1.807) is 0 Å². The van der Waals surface area contributed by atoms with E-state index < -0.39 is 33.9 Å². The van der Waals surface area contributed by atoms with Gasteiger partial charge in [-0.05, 0) is 30.7 Å². The van der Waals surface area contributed by atoms with Crippen molar-refractivity contribution in [1.29, 1.82) is 0 Å². The van der Waals surface area contributed by atoms with Crippen LogP contribution in [0.3, 0.4) is 0 Å². The molecule has 2 rings (SSSR count). The second-order valence-electron chi connectivity index (χ2n) is 4.98. The Morgan fingerprint density at radius 3 is 2.35 bits per heavy atom. The molecular weight excluding hydrogens is 339 g/mol. The Balaban J connectivity index is 1.78. The molecule has 1 N–H and O–H groups in total. The Morgan fingerprint density at radius 1 is 1.22 bits per heavy atom. The van der Waals surface area contributed by atoms with Gasteiger partial charge in [-0.3, -0.25) is 4.79 Å². The van der Waals surface area contributed by atoms with Crippen LogP contribution in [0.5, 0.6) is 11.5 Å². The third kappa shape index (κ3) is 5.97. The number of rotatable bonds is 5. The SMILES string of the molecule is O=C(COc1ccc(OC(F)(F)F)cc1)N[C@@H]1CCS(=O)(=O)C1. The van der Waals surface area contributed by atoms with Gasteiger partial charge in [0.25, 0.3) is 5.91 Å². The average Bonchev–Trinajstić information content (AvgIpc) is 2.75. The minimum Gasteiger partial charge on any atom is -0.484 e. The van der Waals surface area contributed by atoms with Crippen molar-refractivity contribution in [3.05, 3.63) is 24.3 Å². The number of carbonyl (C=O) groups excluding carboxylic acids is 1.